The van der Waals surface area contributed by atoms with Gasteiger partial charge in [0.2, 0.25) is 0 Å². The number of carbonyl (C=O) groups excluding carboxylic acids is 1. The van der Waals surface area contributed by atoms with Gasteiger partial charge < -0.3 is 14.8 Å². The van der Waals surface area contributed by atoms with Gasteiger partial charge in [-0.2, -0.15) is 0 Å². The van der Waals surface area contributed by atoms with Crippen LogP contribution in [0.5, 0.6) is 5.75 Å². The molecule has 0 aliphatic heterocycles. The Morgan fingerprint density at radius 2 is 1.87 bits per heavy atom. The summed E-state index contributed by atoms with van der Waals surface area (Å²) >= 11 is 0. The number of rotatable bonds is 7. The van der Waals surface area contributed by atoms with Crippen LogP contribution in [0, 0.1) is 5.92 Å². The van der Waals surface area contributed by atoms with Crippen molar-refractivity contribution in [2.75, 3.05) is 12.4 Å². The van der Waals surface area contributed by atoms with Crippen LogP contribution in [0.4, 0.5) is 5.69 Å². The fraction of sp³-hybridized carbons (Fsp3) is 0.632. The Hall–Kier alpha value is -1.55. The highest BCUT2D eigenvalue weighted by atomic mass is 16.5. The fourth-order valence-electron chi connectivity index (χ4n) is 3.13. The average Bonchev–Trinajstić information content (AvgIpc) is 3.01. The fourth-order valence-corrected chi connectivity index (χ4v) is 3.13. The number of anilines is 1. The lowest BCUT2D eigenvalue weighted by atomic mass is 9.93. The molecule has 1 saturated carbocycles. The molecular weight excluding hydrogens is 290 g/mol. The summed E-state index contributed by atoms with van der Waals surface area (Å²) in [5, 5.41) is 2.94. The Balaban J connectivity index is 1.95. The molecule has 1 aliphatic carbocycles. The largest absolute Gasteiger partial charge is 0.490 e. The summed E-state index contributed by atoms with van der Waals surface area (Å²) in [5.41, 5.74) is -0.0477. The molecule has 4 heteroatoms. The van der Waals surface area contributed by atoms with E-state index < -0.39 is 5.60 Å². The van der Waals surface area contributed by atoms with Crippen molar-refractivity contribution < 1.29 is 14.3 Å². The summed E-state index contributed by atoms with van der Waals surface area (Å²) in [5.74, 6) is 1.14. The molecule has 128 valence electrons. The van der Waals surface area contributed by atoms with E-state index in [4.69, 9.17) is 9.47 Å². The minimum Gasteiger partial charge on any atom is -0.490 e. The van der Waals surface area contributed by atoms with Gasteiger partial charge >= 0.3 is 0 Å². The lowest BCUT2D eigenvalue weighted by Crippen LogP contribution is -2.43. The number of carbonyl (C=O) groups is 1. The van der Waals surface area contributed by atoms with Crippen LogP contribution >= 0.6 is 0 Å². The molecule has 0 unspecified atom stereocenters. The lowest BCUT2D eigenvalue weighted by Gasteiger charge is -2.28. The van der Waals surface area contributed by atoms with Gasteiger partial charge in [-0.05, 0) is 69.2 Å². The molecule has 2 rings (SSSR count). The highest BCUT2D eigenvalue weighted by Gasteiger charge is 2.33. The second-order valence-electron chi connectivity index (χ2n) is 7.04. The van der Waals surface area contributed by atoms with Crippen molar-refractivity contribution in [3.05, 3.63) is 24.3 Å². The van der Waals surface area contributed by atoms with Crippen molar-refractivity contribution in [2.45, 2.75) is 64.6 Å². The topological polar surface area (TPSA) is 47.6 Å². The molecule has 0 spiro atoms. The van der Waals surface area contributed by atoms with Crippen molar-refractivity contribution in [3.63, 3.8) is 0 Å². The lowest BCUT2D eigenvalue weighted by molar-refractivity contribution is -0.137. The molecule has 1 amide bonds. The van der Waals surface area contributed by atoms with Gasteiger partial charge in [0.1, 0.15) is 11.4 Å². The zero-order valence-corrected chi connectivity index (χ0v) is 14.7. The molecule has 1 aromatic carbocycles. The zero-order valence-electron chi connectivity index (χ0n) is 14.7. The van der Waals surface area contributed by atoms with Crippen LogP contribution in [-0.2, 0) is 9.53 Å². The van der Waals surface area contributed by atoms with Crippen molar-refractivity contribution in [2.24, 2.45) is 5.92 Å². The first-order valence-corrected chi connectivity index (χ1v) is 8.56. The molecule has 0 aromatic heterocycles. The van der Waals surface area contributed by atoms with E-state index in [9.17, 15) is 4.79 Å². The van der Waals surface area contributed by atoms with E-state index in [1.165, 1.54) is 12.8 Å². The van der Waals surface area contributed by atoms with Gasteiger partial charge in [0, 0.05) is 12.8 Å². The number of nitrogens with one attached hydrogen (secondary N) is 1. The van der Waals surface area contributed by atoms with E-state index in [2.05, 4.69) is 19.2 Å². The minimum absolute atomic E-state index is 0.113. The van der Waals surface area contributed by atoms with Gasteiger partial charge in [-0.25, -0.2) is 0 Å². The second-order valence-corrected chi connectivity index (χ2v) is 7.04. The molecule has 1 aromatic rings. The Bertz CT molecular complexity index is 506. The summed E-state index contributed by atoms with van der Waals surface area (Å²) in [6.45, 7) is 6.00. The van der Waals surface area contributed by atoms with Crippen LogP contribution in [0.2, 0.25) is 0 Å². The number of hydrogen-bond acceptors (Lipinski definition) is 3. The van der Waals surface area contributed by atoms with Gasteiger partial charge in [-0.3, -0.25) is 4.79 Å². The molecule has 1 aliphatic rings. The quantitative estimate of drug-likeness (QED) is 0.810. The molecule has 0 bridgehead atoms. The maximum Gasteiger partial charge on any atom is 0.256 e. The molecule has 1 N–H and O–H groups in total. The van der Waals surface area contributed by atoms with Gasteiger partial charge in [0.15, 0.2) is 0 Å². The van der Waals surface area contributed by atoms with Crippen molar-refractivity contribution in [1.82, 2.24) is 0 Å². The molecular formula is C19H29NO3. The highest BCUT2D eigenvalue weighted by Crippen LogP contribution is 2.26. The molecule has 23 heavy (non-hydrogen) atoms. The Morgan fingerprint density at radius 3 is 2.39 bits per heavy atom. The third-order valence-electron chi connectivity index (χ3n) is 4.45. The Kier molecular flexibility index (Phi) is 6.05. The van der Waals surface area contributed by atoms with Crippen molar-refractivity contribution >= 4 is 11.6 Å². The van der Waals surface area contributed by atoms with Crippen LogP contribution in [-0.4, -0.2) is 24.7 Å². The van der Waals surface area contributed by atoms with E-state index in [-0.39, 0.29) is 5.91 Å². The Labute approximate surface area is 139 Å². The third kappa shape index (κ3) is 4.96. The normalized spacial score (nSPS) is 18.0. The molecule has 0 radical (unpaired) electrons. The van der Waals surface area contributed by atoms with Crippen LogP contribution in [0.15, 0.2) is 24.3 Å². The van der Waals surface area contributed by atoms with E-state index in [0.29, 0.717) is 18.4 Å². The number of hydrogen-bond donors (Lipinski definition) is 1. The molecule has 4 nitrogen and oxygen atoms in total. The summed E-state index contributed by atoms with van der Waals surface area (Å²) in [6.07, 6.45) is 5.81. The molecule has 1 fully saturated rings. The number of benzene rings is 1. The summed E-state index contributed by atoms with van der Waals surface area (Å²) in [7, 11) is 1.58. The molecule has 0 saturated heterocycles. The predicted octanol–water partition coefficient (Wildman–Crippen LogP) is 4.40. The van der Waals surface area contributed by atoms with Gasteiger partial charge in [-0.15, -0.1) is 0 Å². The zero-order chi connectivity index (χ0) is 16.9. The smallest absolute Gasteiger partial charge is 0.256 e. The van der Waals surface area contributed by atoms with E-state index in [1.54, 1.807) is 7.11 Å². The summed E-state index contributed by atoms with van der Waals surface area (Å²) < 4.78 is 11.4. The third-order valence-corrected chi connectivity index (χ3v) is 4.45. The first-order chi connectivity index (χ1) is 10.9. The average molecular weight is 319 g/mol. The maximum absolute atomic E-state index is 12.5. The standard InChI is InChI=1S/C19H29NO3/c1-14(2)13-19(3,22-4)18(21)20-15-9-11-17(12-10-15)23-16-7-5-6-8-16/h9-12,14,16H,5-8,13H2,1-4H3,(H,20,21)/t19-/m1/s1. The second kappa shape index (κ2) is 7.82. The van der Waals surface area contributed by atoms with E-state index in [0.717, 1.165) is 24.3 Å². The van der Waals surface area contributed by atoms with E-state index in [1.807, 2.05) is 31.2 Å². The predicted molar refractivity (Wildman–Crippen MR) is 92.8 cm³/mol. The van der Waals surface area contributed by atoms with Gasteiger partial charge in [-0.1, -0.05) is 13.8 Å². The SMILES string of the molecule is CO[C@](C)(CC(C)C)C(=O)Nc1ccc(OC2CCCC2)cc1. The van der Waals surface area contributed by atoms with Crippen molar-refractivity contribution in [3.8, 4) is 5.75 Å². The number of ether oxygens (including phenoxy) is 2. The monoisotopic (exact) mass is 319 g/mol. The molecule has 0 heterocycles. The number of methoxy groups -OCH3 is 1. The van der Waals surface area contributed by atoms with Crippen molar-refractivity contribution in [1.29, 1.82) is 0 Å². The summed E-state index contributed by atoms with van der Waals surface area (Å²) in [6, 6.07) is 7.60. The Morgan fingerprint density at radius 1 is 1.26 bits per heavy atom. The number of amides is 1. The first-order valence-electron chi connectivity index (χ1n) is 8.56. The van der Waals surface area contributed by atoms with Gasteiger partial charge in [0.25, 0.3) is 5.91 Å². The van der Waals surface area contributed by atoms with Crippen LogP contribution < -0.4 is 10.1 Å². The van der Waals surface area contributed by atoms with E-state index >= 15 is 0 Å². The summed E-state index contributed by atoms with van der Waals surface area (Å²) in [4.78, 5) is 12.5. The van der Waals surface area contributed by atoms with Crippen LogP contribution in [0.1, 0.15) is 52.9 Å². The first kappa shape index (κ1) is 17.8. The maximum atomic E-state index is 12.5. The molecule has 1 atom stereocenters. The van der Waals surface area contributed by atoms with Crippen LogP contribution in [0.3, 0.4) is 0 Å². The highest BCUT2D eigenvalue weighted by molar-refractivity contribution is 5.97. The van der Waals surface area contributed by atoms with Crippen LogP contribution in [0.25, 0.3) is 0 Å². The minimum atomic E-state index is -0.812. The van der Waals surface area contributed by atoms with Gasteiger partial charge in [0.05, 0.1) is 6.10 Å².